The molecular weight excluding hydrogens is 308 g/mol. The Morgan fingerprint density at radius 3 is 2.26 bits per heavy atom. The van der Waals surface area contributed by atoms with E-state index in [0.29, 0.717) is 15.1 Å². The summed E-state index contributed by atoms with van der Waals surface area (Å²) in [5.41, 5.74) is 1.69. The first-order valence-electron chi connectivity index (χ1n) is 5.60. The standard InChI is InChI=1S/C14H11Cl3FN/c1-19-14(8-2-5-11(15)13(17)6-8)10-4-3-9(18)7-12(10)16/h2-7,14,19H,1H3. The fraction of sp³-hybridized carbons (Fsp3) is 0.143. The summed E-state index contributed by atoms with van der Waals surface area (Å²) in [5, 5.41) is 4.46. The van der Waals surface area contributed by atoms with Crippen molar-refractivity contribution in [2.24, 2.45) is 0 Å². The molecule has 1 N–H and O–H groups in total. The van der Waals surface area contributed by atoms with E-state index in [9.17, 15) is 4.39 Å². The second-order valence-corrected chi connectivity index (χ2v) is 5.28. The summed E-state index contributed by atoms with van der Waals surface area (Å²) in [5.74, 6) is -0.363. The van der Waals surface area contributed by atoms with Crippen LogP contribution in [0.5, 0.6) is 0 Å². The topological polar surface area (TPSA) is 12.0 Å². The minimum atomic E-state index is -0.363. The van der Waals surface area contributed by atoms with Crippen LogP contribution in [0.15, 0.2) is 36.4 Å². The van der Waals surface area contributed by atoms with Gasteiger partial charge in [-0.15, -0.1) is 0 Å². The van der Waals surface area contributed by atoms with Crippen molar-refractivity contribution in [2.45, 2.75) is 6.04 Å². The third kappa shape index (κ3) is 3.21. The number of halogens is 4. The second kappa shape index (κ2) is 6.10. The molecule has 1 atom stereocenters. The molecule has 100 valence electrons. The van der Waals surface area contributed by atoms with Crippen molar-refractivity contribution >= 4 is 34.8 Å². The SMILES string of the molecule is CNC(c1ccc(Cl)c(Cl)c1)c1ccc(F)cc1Cl. The molecule has 1 nitrogen and oxygen atoms in total. The van der Waals surface area contributed by atoms with Crippen LogP contribution in [-0.2, 0) is 0 Å². The largest absolute Gasteiger partial charge is 0.309 e. The Morgan fingerprint density at radius 1 is 0.947 bits per heavy atom. The van der Waals surface area contributed by atoms with Crippen LogP contribution in [0.25, 0.3) is 0 Å². The van der Waals surface area contributed by atoms with E-state index in [4.69, 9.17) is 34.8 Å². The zero-order valence-electron chi connectivity index (χ0n) is 10.1. The molecule has 2 aromatic carbocycles. The van der Waals surface area contributed by atoms with E-state index in [1.165, 1.54) is 12.1 Å². The Labute approximate surface area is 126 Å². The van der Waals surface area contributed by atoms with Crippen molar-refractivity contribution in [3.05, 3.63) is 68.4 Å². The first-order chi connectivity index (χ1) is 9.02. The molecule has 0 fully saturated rings. The number of hydrogen-bond acceptors (Lipinski definition) is 1. The molecule has 1 unspecified atom stereocenters. The third-order valence-electron chi connectivity index (χ3n) is 2.84. The highest BCUT2D eigenvalue weighted by atomic mass is 35.5. The second-order valence-electron chi connectivity index (χ2n) is 4.06. The van der Waals surface area contributed by atoms with Crippen LogP contribution in [0, 0.1) is 5.82 Å². The van der Waals surface area contributed by atoms with Gasteiger partial charge in [0, 0.05) is 5.02 Å². The van der Waals surface area contributed by atoms with Gasteiger partial charge >= 0.3 is 0 Å². The maximum absolute atomic E-state index is 13.1. The van der Waals surface area contributed by atoms with Crippen LogP contribution in [0.1, 0.15) is 17.2 Å². The maximum atomic E-state index is 13.1. The van der Waals surface area contributed by atoms with Crippen LogP contribution >= 0.6 is 34.8 Å². The smallest absolute Gasteiger partial charge is 0.124 e. The molecule has 0 spiro atoms. The summed E-state index contributed by atoms with van der Waals surface area (Å²) < 4.78 is 13.1. The lowest BCUT2D eigenvalue weighted by Crippen LogP contribution is -2.18. The van der Waals surface area contributed by atoms with Gasteiger partial charge < -0.3 is 5.32 Å². The molecule has 0 heterocycles. The van der Waals surface area contributed by atoms with Gasteiger partial charge in [0.25, 0.3) is 0 Å². The lowest BCUT2D eigenvalue weighted by Gasteiger charge is -2.19. The van der Waals surface area contributed by atoms with Gasteiger partial charge in [-0.3, -0.25) is 0 Å². The summed E-state index contributed by atoms with van der Waals surface area (Å²) in [6.07, 6.45) is 0. The van der Waals surface area contributed by atoms with Crippen LogP contribution in [0.2, 0.25) is 15.1 Å². The van der Waals surface area contributed by atoms with Gasteiger partial charge in [0.2, 0.25) is 0 Å². The fourth-order valence-corrected chi connectivity index (χ4v) is 2.51. The zero-order chi connectivity index (χ0) is 14.0. The molecule has 0 aliphatic rings. The highest BCUT2D eigenvalue weighted by Crippen LogP contribution is 2.32. The van der Waals surface area contributed by atoms with E-state index in [1.807, 2.05) is 6.07 Å². The maximum Gasteiger partial charge on any atom is 0.124 e. The van der Waals surface area contributed by atoms with Crippen molar-refractivity contribution in [1.82, 2.24) is 5.32 Å². The first-order valence-corrected chi connectivity index (χ1v) is 6.73. The van der Waals surface area contributed by atoms with E-state index < -0.39 is 0 Å². The van der Waals surface area contributed by atoms with E-state index in [1.54, 1.807) is 25.2 Å². The quantitative estimate of drug-likeness (QED) is 0.830. The van der Waals surface area contributed by atoms with Gasteiger partial charge in [-0.1, -0.05) is 46.9 Å². The molecule has 0 aliphatic carbocycles. The predicted molar refractivity (Wildman–Crippen MR) is 78.8 cm³/mol. The minimum Gasteiger partial charge on any atom is -0.309 e. The highest BCUT2D eigenvalue weighted by molar-refractivity contribution is 6.42. The molecule has 0 saturated carbocycles. The molecule has 5 heteroatoms. The highest BCUT2D eigenvalue weighted by Gasteiger charge is 2.16. The van der Waals surface area contributed by atoms with Gasteiger partial charge in [-0.05, 0) is 42.4 Å². The van der Waals surface area contributed by atoms with E-state index in [-0.39, 0.29) is 11.9 Å². The lowest BCUT2D eigenvalue weighted by atomic mass is 9.99. The monoisotopic (exact) mass is 317 g/mol. The molecular formula is C14H11Cl3FN. The molecule has 0 saturated heterocycles. The Balaban J connectivity index is 2.46. The molecule has 19 heavy (non-hydrogen) atoms. The van der Waals surface area contributed by atoms with Crippen LogP contribution < -0.4 is 5.32 Å². The van der Waals surface area contributed by atoms with Crippen LogP contribution in [0.3, 0.4) is 0 Å². The molecule has 0 aliphatic heterocycles. The predicted octanol–water partition coefficient (Wildman–Crippen LogP) is 5.09. The van der Waals surface area contributed by atoms with Crippen molar-refractivity contribution < 1.29 is 4.39 Å². The van der Waals surface area contributed by atoms with Gasteiger partial charge in [-0.2, -0.15) is 0 Å². The summed E-state index contributed by atoms with van der Waals surface area (Å²) in [6, 6.07) is 9.49. The average molecular weight is 319 g/mol. The Hall–Kier alpha value is -0.800. The van der Waals surface area contributed by atoms with E-state index in [0.717, 1.165) is 11.1 Å². The number of nitrogens with one attached hydrogen (secondary N) is 1. The summed E-state index contributed by atoms with van der Waals surface area (Å²) >= 11 is 18.0. The third-order valence-corrected chi connectivity index (χ3v) is 3.91. The molecule has 0 radical (unpaired) electrons. The molecule has 0 aromatic heterocycles. The average Bonchev–Trinajstić information content (AvgIpc) is 2.37. The summed E-state index contributed by atoms with van der Waals surface area (Å²) in [7, 11) is 1.80. The van der Waals surface area contributed by atoms with Gasteiger partial charge in [0.15, 0.2) is 0 Å². The van der Waals surface area contributed by atoms with Gasteiger partial charge in [-0.25, -0.2) is 4.39 Å². The molecule has 0 amide bonds. The molecule has 0 bridgehead atoms. The van der Waals surface area contributed by atoms with Gasteiger partial charge in [0.05, 0.1) is 16.1 Å². The lowest BCUT2D eigenvalue weighted by molar-refractivity contribution is 0.623. The van der Waals surface area contributed by atoms with Crippen LogP contribution in [0.4, 0.5) is 4.39 Å². The zero-order valence-corrected chi connectivity index (χ0v) is 12.3. The first kappa shape index (κ1) is 14.6. The van der Waals surface area contributed by atoms with E-state index >= 15 is 0 Å². The number of rotatable bonds is 3. The van der Waals surface area contributed by atoms with Crippen molar-refractivity contribution in [3.8, 4) is 0 Å². The number of benzene rings is 2. The Bertz CT molecular complexity index is 601. The Kier molecular flexibility index (Phi) is 4.69. The van der Waals surface area contributed by atoms with Crippen molar-refractivity contribution in [1.29, 1.82) is 0 Å². The van der Waals surface area contributed by atoms with Crippen molar-refractivity contribution in [3.63, 3.8) is 0 Å². The van der Waals surface area contributed by atoms with E-state index in [2.05, 4.69) is 5.32 Å². The summed E-state index contributed by atoms with van der Waals surface area (Å²) in [6.45, 7) is 0. The fourth-order valence-electron chi connectivity index (χ4n) is 1.93. The van der Waals surface area contributed by atoms with Crippen LogP contribution in [-0.4, -0.2) is 7.05 Å². The Morgan fingerprint density at radius 2 is 1.68 bits per heavy atom. The summed E-state index contributed by atoms with van der Waals surface area (Å²) in [4.78, 5) is 0. The van der Waals surface area contributed by atoms with Gasteiger partial charge in [0.1, 0.15) is 5.82 Å². The number of hydrogen-bond donors (Lipinski definition) is 1. The minimum absolute atomic E-state index is 0.178. The normalized spacial score (nSPS) is 12.5. The van der Waals surface area contributed by atoms with Crippen molar-refractivity contribution in [2.75, 3.05) is 7.05 Å². The molecule has 2 rings (SSSR count). The molecule has 2 aromatic rings.